The fourth-order valence-corrected chi connectivity index (χ4v) is 1.78. The van der Waals surface area contributed by atoms with E-state index in [0.717, 1.165) is 0 Å². The molecule has 0 aliphatic rings. The predicted molar refractivity (Wildman–Crippen MR) is 72.7 cm³/mol. The molecular formula is C11H10Cl2N4O2. The van der Waals surface area contributed by atoms with Gasteiger partial charge in [0.25, 0.3) is 0 Å². The minimum Gasteiger partial charge on any atom is -0.481 e. The van der Waals surface area contributed by atoms with Gasteiger partial charge in [0.05, 0.1) is 14.2 Å². The monoisotopic (exact) mass is 300 g/mol. The number of methoxy groups -OCH3 is 2. The van der Waals surface area contributed by atoms with Crippen LogP contribution in [0.4, 0.5) is 11.6 Å². The largest absolute Gasteiger partial charge is 0.481 e. The van der Waals surface area contributed by atoms with Gasteiger partial charge in [-0.1, -0.05) is 23.2 Å². The number of rotatable bonds is 4. The Morgan fingerprint density at radius 3 is 2.26 bits per heavy atom. The lowest BCUT2D eigenvalue weighted by Gasteiger charge is -2.10. The SMILES string of the molecule is COc1ccc(Nc2nc(Cl)cc(Cl)n2)c(OC)n1. The molecule has 0 amide bonds. The quantitative estimate of drug-likeness (QED) is 0.876. The van der Waals surface area contributed by atoms with Crippen molar-refractivity contribution >= 4 is 34.8 Å². The lowest BCUT2D eigenvalue weighted by molar-refractivity contribution is 0.366. The first kappa shape index (κ1) is 13.6. The minimum atomic E-state index is 0.239. The lowest BCUT2D eigenvalue weighted by Crippen LogP contribution is -2.01. The van der Waals surface area contributed by atoms with Gasteiger partial charge >= 0.3 is 0 Å². The van der Waals surface area contributed by atoms with Gasteiger partial charge in [-0.25, -0.2) is 9.97 Å². The van der Waals surface area contributed by atoms with Crippen LogP contribution in [0.3, 0.4) is 0 Å². The smallest absolute Gasteiger partial charge is 0.240 e. The number of nitrogens with one attached hydrogen (secondary N) is 1. The van der Waals surface area contributed by atoms with Crippen molar-refractivity contribution in [3.63, 3.8) is 0 Å². The summed E-state index contributed by atoms with van der Waals surface area (Å²) < 4.78 is 10.2. The summed E-state index contributed by atoms with van der Waals surface area (Å²) in [5.74, 6) is 1.04. The van der Waals surface area contributed by atoms with E-state index < -0.39 is 0 Å². The number of aromatic nitrogens is 3. The van der Waals surface area contributed by atoms with Crippen molar-refractivity contribution in [1.82, 2.24) is 15.0 Å². The Morgan fingerprint density at radius 1 is 1.00 bits per heavy atom. The van der Waals surface area contributed by atoms with Crippen LogP contribution >= 0.6 is 23.2 Å². The molecule has 19 heavy (non-hydrogen) atoms. The molecule has 2 rings (SSSR count). The summed E-state index contributed by atoms with van der Waals surface area (Å²) in [7, 11) is 3.02. The van der Waals surface area contributed by atoms with E-state index in [1.54, 1.807) is 12.1 Å². The average Bonchev–Trinajstić information content (AvgIpc) is 2.38. The van der Waals surface area contributed by atoms with E-state index in [2.05, 4.69) is 20.3 Å². The summed E-state index contributed by atoms with van der Waals surface area (Å²) >= 11 is 11.6. The van der Waals surface area contributed by atoms with Gasteiger partial charge in [0, 0.05) is 12.1 Å². The van der Waals surface area contributed by atoms with Crippen LogP contribution < -0.4 is 14.8 Å². The summed E-state index contributed by atoms with van der Waals surface area (Å²) in [6, 6.07) is 4.84. The van der Waals surface area contributed by atoms with Crippen molar-refractivity contribution < 1.29 is 9.47 Å². The first-order valence-corrected chi connectivity index (χ1v) is 5.94. The fourth-order valence-electron chi connectivity index (χ4n) is 1.35. The molecule has 6 nitrogen and oxygen atoms in total. The number of hydrogen-bond acceptors (Lipinski definition) is 6. The van der Waals surface area contributed by atoms with E-state index in [9.17, 15) is 0 Å². The Hall–Kier alpha value is -1.79. The second kappa shape index (κ2) is 5.90. The van der Waals surface area contributed by atoms with Crippen LogP contribution in [0.2, 0.25) is 10.3 Å². The highest BCUT2D eigenvalue weighted by Crippen LogP contribution is 2.27. The lowest BCUT2D eigenvalue weighted by atomic mass is 10.4. The van der Waals surface area contributed by atoms with Crippen LogP contribution in [0.25, 0.3) is 0 Å². The molecule has 0 aliphatic carbocycles. The van der Waals surface area contributed by atoms with E-state index in [0.29, 0.717) is 17.4 Å². The van der Waals surface area contributed by atoms with Crippen molar-refractivity contribution in [1.29, 1.82) is 0 Å². The number of ether oxygens (including phenoxy) is 2. The first-order chi connectivity index (χ1) is 9.12. The molecule has 0 aliphatic heterocycles. The molecule has 2 aromatic rings. The van der Waals surface area contributed by atoms with Gasteiger partial charge in [-0.3, -0.25) is 0 Å². The molecule has 2 heterocycles. The average molecular weight is 301 g/mol. The molecule has 0 radical (unpaired) electrons. The molecule has 0 saturated heterocycles. The molecule has 0 spiro atoms. The van der Waals surface area contributed by atoms with Gasteiger partial charge < -0.3 is 14.8 Å². The van der Waals surface area contributed by atoms with E-state index in [1.807, 2.05) is 0 Å². The Morgan fingerprint density at radius 2 is 1.68 bits per heavy atom. The third kappa shape index (κ3) is 3.36. The molecule has 0 fully saturated rings. The molecule has 0 unspecified atom stereocenters. The summed E-state index contributed by atoms with van der Waals surface area (Å²) in [6.45, 7) is 0. The third-order valence-corrected chi connectivity index (χ3v) is 2.53. The first-order valence-electron chi connectivity index (χ1n) is 5.18. The van der Waals surface area contributed by atoms with Crippen LogP contribution in [0.5, 0.6) is 11.8 Å². The number of hydrogen-bond donors (Lipinski definition) is 1. The van der Waals surface area contributed by atoms with E-state index in [4.69, 9.17) is 32.7 Å². The van der Waals surface area contributed by atoms with Crippen LogP contribution in [0.1, 0.15) is 0 Å². The minimum absolute atomic E-state index is 0.239. The van der Waals surface area contributed by atoms with Gasteiger partial charge in [-0.2, -0.15) is 4.98 Å². The molecule has 0 aromatic carbocycles. The zero-order chi connectivity index (χ0) is 13.8. The highest BCUT2D eigenvalue weighted by molar-refractivity contribution is 6.33. The van der Waals surface area contributed by atoms with Crippen molar-refractivity contribution in [2.75, 3.05) is 19.5 Å². The highest BCUT2D eigenvalue weighted by atomic mass is 35.5. The van der Waals surface area contributed by atoms with Crippen LogP contribution in [0, 0.1) is 0 Å². The van der Waals surface area contributed by atoms with Gasteiger partial charge in [0.15, 0.2) is 0 Å². The van der Waals surface area contributed by atoms with Crippen molar-refractivity contribution in [3.05, 3.63) is 28.5 Å². The molecule has 1 N–H and O–H groups in total. The molecule has 2 aromatic heterocycles. The normalized spacial score (nSPS) is 10.1. The Balaban J connectivity index is 2.32. The molecule has 8 heteroatoms. The second-order valence-electron chi connectivity index (χ2n) is 3.37. The van der Waals surface area contributed by atoms with Crippen LogP contribution in [-0.4, -0.2) is 29.2 Å². The maximum absolute atomic E-state index is 5.80. The van der Waals surface area contributed by atoms with E-state index in [-0.39, 0.29) is 16.3 Å². The fraction of sp³-hybridized carbons (Fsp3) is 0.182. The Kier molecular flexibility index (Phi) is 4.24. The molecule has 0 saturated carbocycles. The summed E-state index contributed by atoms with van der Waals surface area (Å²) in [5.41, 5.74) is 0.571. The topological polar surface area (TPSA) is 69.2 Å². The van der Waals surface area contributed by atoms with E-state index in [1.165, 1.54) is 20.3 Å². The zero-order valence-electron chi connectivity index (χ0n) is 10.1. The van der Waals surface area contributed by atoms with Crippen LogP contribution in [0.15, 0.2) is 18.2 Å². The molecule has 0 atom stereocenters. The summed E-state index contributed by atoms with van der Waals surface area (Å²) in [6.07, 6.45) is 0. The maximum atomic E-state index is 5.80. The zero-order valence-corrected chi connectivity index (χ0v) is 11.7. The van der Waals surface area contributed by atoms with Gasteiger partial charge in [-0.05, 0) is 6.07 Å². The highest BCUT2D eigenvalue weighted by Gasteiger charge is 2.09. The second-order valence-corrected chi connectivity index (χ2v) is 4.15. The van der Waals surface area contributed by atoms with Crippen molar-refractivity contribution in [3.8, 4) is 11.8 Å². The summed E-state index contributed by atoms with van der Waals surface area (Å²) in [4.78, 5) is 12.1. The number of anilines is 2. The van der Waals surface area contributed by atoms with Crippen molar-refractivity contribution in [2.45, 2.75) is 0 Å². The summed E-state index contributed by atoms with van der Waals surface area (Å²) in [5, 5.41) is 3.40. The Bertz CT molecular complexity index is 575. The number of pyridine rings is 1. The van der Waals surface area contributed by atoms with Gasteiger partial charge in [0.2, 0.25) is 17.7 Å². The Labute approximate surface area is 119 Å². The molecule has 100 valence electrons. The number of halogens is 2. The van der Waals surface area contributed by atoms with E-state index >= 15 is 0 Å². The van der Waals surface area contributed by atoms with Gasteiger partial charge in [-0.15, -0.1) is 0 Å². The predicted octanol–water partition coefficient (Wildman–Crippen LogP) is 2.94. The standard InChI is InChI=1S/C11H10Cl2N4O2/c1-18-9-4-3-6(10(17-9)19-2)14-11-15-7(12)5-8(13)16-11/h3-5H,1-2H3,(H,14,15,16). The third-order valence-electron chi connectivity index (χ3n) is 2.15. The van der Waals surface area contributed by atoms with Crippen molar-refractivity contribution in [2.24, 2.45) is 0 Å². The molecule has 0 bridgehead atoms. The van der Waals surface area contributed by atoms with Gasteiger partial charge in [0.1, 0.15) is 16.0 Å². The molecular weight excluding hydrogens is 291 g/mol. The maximum Gasteiger partial charge on any atom is 0.240 e. The number of nitrogens with zero attached hydrogens (tertiary/aromatic N) is 3. The van der Waals surface area contributed by atoms with Crippen LogP contribution in [-0.2, 0) is 0 Å².